The highest BCUT2D eigenvalue weighted by molar-refractivity contribution is 5.90. The van der Waals surface area contributed by atoms with Crippen molar-refractivity contribution < 1.29 is 14.3 Å². The number of amides is 2. The third-order valence-corrected chi connectivity index (χ3v) is 8.82. The molecule has 6 rings (SSSR count). The van der Waals surface area contributed by atoms with E-state index in [0.29, 0.717) is 24.3 Å². The van der Waals surface area contributed by atoms with Gasteiger partial charge in [0, 0.05) is 31.6 Å². The Balaban J connectivity index is 1.21. The summed E-state index contributed by atoms with van der Waals surface area (Å²) in [5.41, 5.74) is 2.15. The van der Waals surface area contributed by atoms with Gasteiger partial charge in [0.05, 0.1) is 13.2 Å². The average Bonchev–Trinajstić information content (AvgIpc) is 2.81. The zero-order valence-electron chi connectivity index (χ0n) is 20.9. The molecule has 4 bridgehead atoms. The van der Waals surface area contributed by atoms with Crippen LogP contribution in [0.15, 0.2) is 24.3 Å². The van der Waals surface area contributed by atoms with E-state index in [-0.39, 0.29) is 23.1 Å². The molecule has 2 N–H and O–H groups in total. The van der Waals surface area contributed by atoms with E-state index in [1.165, 1.54) is 24.8 Å². The van der Waals surface area contributed by atoms with Crippen molar-refractivity contribution in [3.05, 3.63) is 35.4 Å². The highest BCUT2D eigenvalue weighted by Gasteiger charge is 2.55. The monoisotopic (exact) mass is 467 g/mol. The molecule has 0 spiro atoms. The summed E-state index contributed by atoms with van der Waals surface area (Å²) in [6.07, 6.45) is 6.99. The molecule has 2 amide bonds. The first-order valence-electron chi connectivity index (χ1n) is 13.4. The Morgan fingerprint density at radius 3 is 2.18 bits per heavy atom. The Bertz CT molecular complexity index is 857. The Hall–Kier alpha value is -1.92. The number of carbonyl (C=O) groups excluding carboxylic acids is 2. The van der Waals surface area contributed by atoms with Gasteiger partial charge in [-0.05, 0) is 73.3 Å². The average molecular weight is 468 g/mol. The number of ether oxygens (including phenoxy) is 1. The van der Waals surface area contributed by atoms with Gasteiger partial charge in [0.2, 0.25) is 11.8 Å². The van der Waals surface area contributed by atoms with E-state index < -0.39 is 6.04 Å². The number of carbonyl (C=O) groups is 2. The number of hydrogen-bond donors (Lipinski definition) is 2. The second-order valence-corrected chi connectivity index (χ2v) is 11.8. The Kier molecular flexibility index (Phi) is 6.99. The van der Waals surface area contributed by atoms with Crippen LogP contribution in [0.5, 0.6) is 0 Å². The third-order valence-electron chi connectivity index (χ3n) is 8.82. The molecule has 1 saturated heterocycles. The Morgan fingerprint density at radius 2 is 1.59 bits per heavy atom. The summed E-state index contributed by atoms with van der Waals surface area (Å²) in [4.78, 5) is 29.2. The summed E-state index contributed by atoms with van der Waals surface area (Å²) < 4.78 is 5.47. The molecule has 4 aliphatic carbocycles. The maximum atomic E-state index is 13.6. The van der Waals surface area contributed by atoms with Crippen LogP contribution in [0.1, 0.15) is 63.5 Å². The van der Waals surface area contributed by atoms with E-state index in [9.17, 15) is 9.59 Å². The lowest BCUT2D eigenvalue weighted by Gasteiger charge is -2.55. The molecule has 1 aliphatic heterocycles. The standard InChI is InChI=1S/C28H41N3O3/c1-19(2)25(30-27(33)28-14-20-11-21(15-28)13-22(12-20)16-28)26(32)29-17-23-5-3-4-6-24(23)18-31-7-9-34-10-8-31/h3-6,19-22,25H,7-18H2,1-2H3,(H,29,32)(H,30,33)/t20?,21?,22?,25-,28?/m1/s1. The number of hydrogen-bond acceptors (Lipinski definition) is 4. The maximum absolute atomic E-state index is 13.6. The van der Waals surface area contributed by atoms with Crippen molar-refractivity contribution in [2.45, 2.75) is 71.5 Å². The van der Waals surface area contributed by atoms with Gasteiger partial charge in [-0.3, -0.25) is 14.5 Å². The predicted molar refractivity (Wildman–Crippen MR) is 132 cm³/mol. The second-order valence-electron chi connectivity index (χ2n) is 11.8. The van der Waals surface area contributed by atoms with Gasteiger partial charge >= 0.3 is 0 Å². The molecule has 186 valence electrons. The lowest BCUT2D eigenvalue weighted by Crippen LogP contribution is -2.58. The van der Waals surface area contributed by atoms with Crippen molar-refractivity contribution in [1.82, 2.24) is 15.5 Å². The predicted octanol–water partition coefficient (Wildman–Crippen LogP) is 3.49. The Labute approximate surface area is 204 Å². The van der Waals surface area contributed by atoms with Gasteiger partial charge in [0.25, 0.3) is 0 Å². The molecule has 1 atom stereocenters. The number of nitrogens with one attached hydrogen (secondary N) is 2. The first-order chi connectivity index (χ1) is 16.4. The van der Waals surface area contributed by atoms with Crippen molar-refractivity contribution in [3.63, 3.8) is 0 Å². The van der Waals surface area contributed by atoms with Gasteiger partial charge < -0.3 is 15.4 Å². The van der Waals surface area contributed by atoms with Crippen molar-refractivity contribution in [1.29, 1.82) is 0 Å². The quantitative estimate of drug-likeness (QED) is 0.614. The highest BCUT2D eigenvalue weighted by Crippen LogP contribution is 2.60. The van der Waals surface area contributed by atoms with Gasteiger partial charge in [-0.1, -0.05) is 38.1 Å². The Morgan fingerprint density at radius 1 is 1.00 bits per heavy atom. The summed E-state index contributed by atoms with van der Waals surface area (Å²) in [6, 6.07) is 7.83. The van der Waals surface area contributed by atoms with Gasteiger partial charge in [-0.25, -0.2) is 0 Å². The number of nitrogens with zero attached hydrogens (tertiary/aromatic N) is 1. The molecule has 34 heavy (non-hydrogen) atoms. The van der Waals surface area contributed by atoms with Gasteiger partial charge in [-0.15, -0.1) is 0 Å². The number of benzene rings is 1. The molecule has 0 radical (unpaired) electrons. The van der Waals surface area contributed by atoms with E-state index in [2.05, 4.69) is 33.7 Å². The van der Waals surface area contributed by atoms with Crippen molar-refractivity contribution in [2.75, 3.05) is 26.3 Å². The lowest BCUT2D eigenvalue weighted by atomic mass is 9.49. The number of rotatable bonds is 8. The van der Waals surface area contributed by atoms with Crippen molar-refractivity contribution >= 4 is 11.8 Å². The molecule has 4 saturated carbocycles. The van der Waals surface area contributed by atoms with E-state index >= 15 is 0 Å². The molecule has 0 aromatic heterocycles. The van der Waals surface area contributed by atoms with Gasteiger partial charge in [0.1, 0.15) is 6.04 Å². The van der Waals surface area contributed by atoms with E-state index in [4.69, 9.17) is 4.74 Å². The van der Waals surface area contributed by atoms with Crippen LogP contribution in [0.25, 0.3) is 0 Å². The summed E-state index contributed by atoms with van der Waals surface area (Å²) in [5.74, 6) is 2.24. The lowest BCUT2D eigenvalue weighted by molar-refractivity contribution is -0.149. The van der Waals surface area contributed by atoms with E-state index in [0.717, 1.165) is 57.7 Å². The smallest absolute Gasteiger partial charge is 0.243 e. The maximum Gasteiger partial charge on any atom is 0.243 e. The van der Waals surface area contributed by atoms with E-state index in [1.807, 2.05) is 19.9 Å². The molecule has 6 nitrogen and oxygen atoms in total. The number of morpholine rings is 1. The SMILES string of the molecule is CC(C)[C@@H](NC(=O)C12CC3CC(CC(C3)C1)C2)C(=O)NCc1ccccc1CN1CCOCC1. The molecular formula is C28H41N3O3. The topological polar surface area (TPSA) is 70.7 Å². The zero-order chi connectivity index (χ0) is 23.7. The summed E-state index contributed by atoms with van der Waals surface area (Å²) in [7, 11) is 0. The van der Waals surface area contributed by atoms with Crippen LogP contribution in [0, 0.1) is 29.1 Å². The molecule has 1 aromatic rings. The summed E-state index contributed by atoms with van der Waals surface area (Å²) in [5, 5.41) is 6.36. The highest BCUT2D eigenvalue weighted by atomic mass is 16.5. The first-order valence-corrected chi connectivity index (χ1v) is 13.4. The molecular weight excluding hydrogens is 426 g/mol. The molecule has 5 aliphatic rings. The van der Waals surface area contributed by atoms with Crippen LogP contribution in [0.2, 0.25) is 0 Å². The summed E-state index contributed by atoms with van der Waals surface area (Å²) >= 11 is 0. The minimum absolute atomic E-state index is 0.0430. The molecule has 0 unspecified atom stereocenters. The fraction of sp³-hybridized carbons (Fsp3) is 0.714. The molecule has 1 heterocycles. The minimum atomic E-state index is -0.494. The third kappa shape index (κ3) is 5.03. The molecule has 6 heteroatoms. The largest absolute Gasteiger partial charge is 0.379 e. The first kappa shape index (κ1) is 23.8. The van der Waals surface area contributed by atoms with Crippen LogP contribution in [0.4, 0.5) is 0 Å². The van der Waals surface area contributed by atoms with Crippen LogP contribution in [-0.2, 0) is 27.4 Å². The minimum Gasteiger partial charge on any atom is -0.379 e. The molecule has 5 fully saturated rings. The molecule has 1 aromatic carbocycles. The van der Waals surface area contributed by atoms with Crippen LogP contribution in [0.3, 0.4) is 0 Å². The second kappa shape index (κ2) is 9.98. The summed E-state index contributed by atoms with van der Waals surface area (Å²) in [6.45, 7) is 8.82. The van der Waals surface area contributed by atoms with Gasteiger partial charge in [0.15, 0.2) is 0 Å². The fourth-order valence-electron chi connectivity index (χ4n) is 7.39. The van der Waals surface area contributed by atoms with Crippen LogP contribution < -0.4 is 10.6 Å². The normalized spacial score (nSPS) is 31.4. The van der Waals surface area contributed by atoms with Crippen LogP contribution in [-0.4, -0.2) is 49.1 Å². The fourth-order valence-corrected chi connectivity index (χ4v) is 7.39. The van der Waals surface area contributed by atoms with E-state index in [1.54, 1.807) is 0 Å². The van der Waals surface area contributed by atoms with Gasteiger partial charge in [-0.2, -0.15) is 0 Å². The zero-order valence-corrected chi connectivity index (χ0v) is 20.9. The van der Waals surface area contributed by atoms with Crippen LogP contribution >= 0.6 is 0 Å². The van der Waals surface area contributed by atoms with Crippen molar-refractivity contribution in [3.8, 4) is 0 Å². The van der Waals surface area contributed by atoms with Crippen molar-refractivity contribution in [2.24, 2.45) is 29.1 Å².